The van der Waals surface area contributed by atoms with Crippen molar-refractivity contribution in [2.45, 2.75) is 37.9 Å². The first kappa shape index (κ1) is 13.8. The molecular weight excluding hydrogens is 220 g/mol. The van der Waals surface area contributed by atoms with Crippen molar-refractivity contribution in [3.63, 3.8) is 0 Å². The van der Waals surface area contributed by atoms with Crippen LogP contribution < -0.4 is 11.1 Å². The molecule has 1 rings (SSSR count). The maximum Gasteiger partial charge on any atom is 0.223 e. The predicted molar refractivity (Wildman–Crippen MR) is 70.5 cm³/mol. The van der Waals surface area contributed by atoms with Crippen molar-refractivity contribution >= 4 is 17.7 Å². The minimum Gasteiger partial charge on any atom is -0.354 e. The van der Waals surface area contributed by atoms with E-state index in [-0.39, 0.29) is 16.6 Å². The van der Waals surface area contributed by atoms with Gasteiger partial charge >= 0.3 is 0 Å². The van der Waals surface area contributed by atoms with Crippen LogP contribution in [0.2, 0.25) is 0 Å². The molecule has 0 radical (unpaired) electrons. The normalized spacial score (nSPS) is 25.8. The Kier molecular flexibility index (Phi) is 5.12. The van der Waals surface area contributed by atoms with Gasteiger partial charge in [-0.3, -0.25) is 4.79 Å². The highest BCUT2D eigenvalue weighted by atomic mass is 32.2. The zero-order valence-electron chi connectivity index (χ0n) is 10.6. The van der Waals surface area contributed by atoms with Crippen LogP contribution in [0, 0.1) is 11.8 Å². The average molecular weight is 244 g/mol. The molecule has 2 unspecified atom stereocenters. The second-order valence-electron chi connectivity index (χ2n) is 5.21. The Morgan fingerprint density at radius 3 is 2.75 bits per heavy atom. The number of hydrogen-bond donors (Lipinski definition) is 2. The monoisotopic (exact) mass is 244 g/mol. The van der Waals surface area contributed by atoms with Gasteiger partial charge in [0.1, 0.15) is 0 Å². The van der Waals surface area contributed by atoms with Crippen molar-refractivity contribution in [1.82, 2.24) is 5.32 Å². The standard InChI is InChI=1S/C12H24N2OS/c1-12(2,16-3)8-14-11(15)10-6-4-5-9(10)7-13/h9-10H,4-8,13H2,1-3H3,(H,14,15). The predicted octanol–water partition coefficient (Wildman–Crippen LogP) is 1.62. The second kappa shape index (κ2) is 5.92. The zero-order valence-corrected chi connectivity index (χ0v) is 11.4. The fraction of sp³-hybridized carbons (Fsp3) is 0.917. The molecule has 3 N–H and O–H groups in total. The summed E-state index contributed by atoms with van der Waals surface area (Å²) in [6.07, 6.45) is 5.34. The highest BCUT2D eigenvalue weighted by molar-refractivity contribution is 7.99. The molecule has 0 aliphatic heterocycles. The molecule has 0 heterocycles. The molecule has 0 aromatic heterocycles. The minimum absolute atomic E-state index is 0.118. The Labute approximate surface area is 103 Å². The topological polar surface area (TPSA) is 55.1 Å². The van der Waals surface area contributed by atoms with E-state index in [4.69, 9.17) is 5.73 Å². The van der Waals surface area contributed by atoms with E-state index in [9.17, 15) is 4.79 Å². The third-order valence-corrected chi connectivity index (χ3v) is 4.79. The van der Waals surface area contributed by atoms with Gasteiger partial charge in [0.15, 0.2) is 0 Å². The number of carbonyl (C=O) groups is 1. The van der Waals surface area contributed by atoms with Crippen LogP contribution >= 0.6 is 11.8 Å². The number of hydrogen-bond acceptors (Lipinski definition) is 3. The van der Waals surface area contributed by atoms with Crippen molar-refractivity contribution in [3.05, 3.63) is 0 Å². The molecule has 4 heteroatoms. The molecule has 0 bridgehead atoms. The molecule has 3 nitrogen and oxygen atoms in total. The summed E-state index contributed by atoms with van der Waals surface area (Å²) in [6, 6.07) is 0. The Hall–Kier alpha value is -0.220. The molecule has 0 spiro atoms. The van der Waals surface area contributed by atoms with E-state index in [0.717, 1.165) is 25.8 Å². The van der Waals surface area contributed by atoms with E-state index in [1.165, 1.54) is 0 Å². The summed E-state index contributed by atoms with van der Waals surface area (Å²) in [5.41, 5.74) is 5.69. The van der Waals surface area contributed by atoms with Crippen molar-refractivity contribution < 1.29 is 4.79 Å². The van der Waals surface area contributed by atoms with E-state index in [1.807, 2.05) is 0 Å². The van der Waals surface area contributed by atoms with Crippen LogP contribution in [-0.4, -0.2) is 30.0 Å². The van der Waals surface area contributed by atoms with Crippen molar-refractivity contribution in [1.29, 1.82) is 0 Å². The van der Waals surface area contributed by atoms with Gasteiger partial charge in [-0.25, -0.2) is 0 Å². The van der Waals surface area contributed by atoms with Crippen LogP contribution in [0.4, 0.5) is 0 Å². The summed E-state index contributed by atoms with van der Waals surface area (Å²) >= 11 is 1.78. The summed E-state index contributed by atoms with van der Waals surface area (Å²) < 4.78 is 0.118. The number of carbonyl (C=O) groups excluding carboxylic acids is 1. The second-order valence-corrected chi connectivity index (χ2v) is 6.73. The number of nitrogens with one attached hydrogen (secondary N) is 1. The number of amides is 1. The van der Waals surface area contributed by atoms with E-state index in [1.54, 1.807) is 11.8 Å². The molecule has 0 saturated heterocycles. The van der Waals surface area contributed by atoms with E-state index in [0.29, 0.717) is 12.5 Å². The largest absolute Gasteiger partial charge is 0.354 e. The first-order valence-electron chi connectivity index (χ1n) is 6.03. The third-order valence-electron chi connectivity index (χ3n) is 3.54. The summed E-state index contributed by atoms with van der Waals surface area (Å²) in [5, 5.41) is 3.06. The van der Waals surface area contributed by atoms with Crippen molar-refractivity contribution in [2.75, 3.05) is 19.3 Å². The molecule has 2 atom stereocenters. The van der Waals surface area contributed by atoms with Crippen LogP contribution in [0.15, 0.2) is 0 Å². The van der Waals surface area contributed by atoms with Gasteiger partial charge in [0, 0.05) is 17.2 Å². The molecule has 94 valence electrons. The van der Waals surface area contributed by atoms with Gasteiger partial charge in [-0.2, -0.15) is 11.8 Å². The summed E-state index contributed by atoms with van der Waals surface area (Å²) in [6.45, 7) is 5.67. The van der Waals surface area contributed by atoms with Gasteiger partial charge in [0.2, 0.25) is 5.91 Å². The molecule has 1 aliphatic carbocycles. The quantitative estimate of drug-likeness (QED) is 0.772. The maximum atomic E-state index is 12.0. The lowest BCUT2D eigenvalue weighted by atomic mass is 9.95. The molecule has 1 saturated carbocycles. The number of nitrogens with two attached hydrogens (primary N) is 1. The van der Waals surface area contributed by atoms with Gasteiger partial charge in [-0.05, 0) is 45.4 Å². The summed E-state index contributed by atoms with van der Waals surface area (Å²) in [5.74, 6) is 0.759. The van der Waals surface area contributed by atoms with Crippen LogP contribution in [0.1, 0.15) is 33.1 Å². The summed E-state index contributed by atoms with van der Waals surface area (Å²) in [4.78, 5) is 12.0. The highest BCUT2D eigenvalue weighted by Crippen LogP contribution is 2.31. The fourth-order valence-electron chi connectivity index (χ4n) is 2.17. The van der Waals surface area contributed by atoms with Crippen LogP contribution in [0.5, 0.6) is 0 Å². The fourth-order valence-corrected chi connectivity index (χ4v) is 2.38. The highest BCUT2D eigenvalue weighted by Gasteiger charge is 2.32. The maximum absolute atomic E-state index is 12.0. The first-order valence-corrected chi connectivity index (χ1v) is 7.25. The van der Waals surface area contributed by atoms with Crippen LogP contribution in [-0.2, 0) is 4.79 Å². The Morgan fingerprint density at radius 2 is 2.19 bits per heavy atom. The molecule has 1 amide bonds. The molecular formula is C12H24N2OS. The molecule has 16 heavy (non-hydrogen) atoms. The lowest BCUT2D eigenvalue weighted by molar-refractivity contribution is -0.126. The van der Waals surface area contributed by atoms with Gasteiger partial charge < -0.3 is 11.1 Å². The number of rotatable bonds is 5. The Balaban J connectivity index is 2.40. The van der Waals surface area contributed by atoms with Crippen molar-refractivity contribution in [3.8, 4) is 0 Å². The van der Waals surface area contributed by atoms with Crippen LogP contribution in [0.25, 0.3) is 0 Å². The summed E-state index contributed by atoms with van der Waals surface area (Å²) in [7, 11) is 0. The Bertz CT molecular complexity index is 243. The minimum atomic E-state index is 0.118. The van der Waals surface area contributed by atoms with E-state index >= 15 is 0 Å². The lowest BCUT2D eigenvalue weighted by Gasteiger charge is -2.24. The van der Waals surface area contributed by atoms with E-state index in [2.05, 4.69) is 25.4 Å². The smallest absolute Gasteiger partial charge is 0.223 e. The third kappa shape index (κ3) is 3.67. The van der Waals surface area contributed by atoms with Crippen molar-refractivity contribution in [2.24, 2.45) is 17.6 Å². The van der Waals surface area contributed by atoms with E-state index < -0.39 is 0 Å². The molecule has 1 aliphatic rings. The zero-order chi connectivity index (χ0) is 12.2. The Morgan fingerprint density at radius 1 is 1.50 bits per heavy atom. The van der Waals surface area contributed by atoms with Gasteiger partial charge in [0.25, 0.3) is 0 Å². The molecule has 0 aromatic rings. The van der Waals surface area contributed by atoms with Gasteiger partial charge in [-0.1, -0.05) is 6.42 Å². The average Bonchev–Trinajstić information content (AvgIpc) is 2.74. The van der Waals surface area contributed by atoms with Gasteiger partial charge in [0.05, 0.1) is 0 Å². The molecule has 0 aromatic carbocycles. The van der Waals surface area contributed by atoms with Crippen LogP contribution in [0.3, 0.4) is 0 Å². The molecule has 1 fully saturated rings. The SMILES string of the molecule is CSC(C)(C)CNC(=O)C1CCCC1CN. The number of thioether (sulfide) groups is 1. The first-order chi connectivity index (χ1) is 7.50. The lowest BCUT2D eigenvalue weighted by Crippen LogP contribution is -2.41. The van der Waals surface area contributed by atoms with Gasteiger partial charge in [-0.15, -0.1) is 0 Å².